The van der Waals surface area contributed by atoms with E-state index in [0.29, 0.717) is 5.52 Å². The van der Waals surface area contributed by atoms with Crippen molar-refractivity contribution < 1.29 is 4.39 Å². The average Bonchev–Trinajstić information content (AvgIpc) is 2.31. The molecule has 0 unspecified atom stereocenters. The number of hydrogen-bond donors (Lipinski definition) is 1. The molecule has 2 nitrogen and oxygen atoms in total. The monoisotopic (exact) mass is 149 g/mol. The fourth-order valence-corrected chi connectivity index (χ4v) is 1.06. The number of aromatic nitrogens is 2. The van der Waals surface area contributed by atoms with Gasteiger partial charge in [0.05, 0.1) is 5.52 Å². The molecular weight excluding hydrogens is 143 g/mol. The van der Waals surface area contributed by atoms with Crippen LogP contribution in [-0.2, 0) is 0 Å². The first kappa shape index (κ1) is 6.34. The Balaban J connectivity index is 2.90. The van der Waals surface area contributed by atoms with E-state index in [1.807, 2.05) is 0 Å². The number of H-pyrrole nitrogens is 1. The van der Waals surface area contributed by atoms with Crippen molar-refractivity contribution in [3.8, 4) is 0 Å². The molecule has 1 N–H and O–H groups in total. The predicted octanol–water partition coefficient (Wildman–Crippen LogP) is 1.81. The van der Waals surface area contributed by atoms with Crippen molar-refractivity contribution in [2.45, 2.75) is 6.92 Å². The minimum Gasteiger partial charge on any atom is -0.342 e. The van der Waals surface area contributed by atoms with E-state index < -0.39 is 5.82 Å². The molecule has 0 fully saturated rings. The Morgan fingerprint density at radius 3 is 3.18 bits per heavy atom. The van der Waals surface area contributed by atoms with Crippen molar-refractivity contribution in [3.05, 3.63) is 29.8 Å². The van der Waals surface area contributed by atoms with Crippen LogP contribution in [-0.4, -0.2) is 9.97 Å². The van der Waals surface area contributed by atoms with Crippen molar-refractivity contribution in [1.29, 1.82) is 0 Å². The second-order valence-electron chi connectivity index (χ2n) is 2.38. The van der Waals surface area contributed by atoms with Crippen LogP contribution in [0.1, 0.15) is 5.82 Å². The number of fused-ring (bicyclic) bond motifs is 1. The molecule has 0 aliphatic rings. The SMILES string of the molecule is Cc1nc2c(F)[c]ccc2[nH]1. The Hall–Kier alpha value is -1.38. The summed E-state index contributed by atoms with van der Waals surface area (Å²) in [5.74, 6) is 0.324. The highest BCUT2D eigenvalue weighted by Gasteiger charge is 2.02. The molecule has 3 heteroatoms. The number of nitrogens with one attached hydrogen (secondary N) is 1. The number of nitrogens with zero attached hydrogens (tertiary/aromatic N) is 1. The number of benzene rings is 1. The summed E-state index contributed by atoms with van der Waals surface area (Å²) in [6, 6.07) is 5.72. The van der Waals surface area contributed by atoms with Gasteiger partial charge in [-0.05, 0) is 19.1 Å². The van der Waals surface area contributed by atoms with Crippen LogP contribution in [0.25, 0.3) is 11.0 Å². The van der Waals surface area contributed by atoms with Crippen molar-refractivity contribution in [3.63, 3.8) is 0 Å². The molecule has 0 bridgehead atoms. The molecule has 0 amide bonds. The van der Waals surface area contributed by atoms with Crippen molar-refractivity contribution in [2.24, 2.45) is 0 Å². The maximum atomic E-state index is 12.9. The standard InChI is InChI=1S/C8H6FN2/c1-5-10-7-4-2-3-6(9)8(7)11-5/h2,4H,1H3,(H,10,11). The molecule has 0 spiro atoms. The summed E-state index contributed by atoms with van der Waals surface area (Å²) in [4.78, 5) is 6.88. The predicted molar refractivity (Wildman–Crippen MR) is 39.6 cm³/mol. The van der Waals surface area contributed by atoms with E-state index in [2.05, 4.69) is 16.0 Å². The van der Waals surface area contributed by atoms with E-state index in [-0.39, 0.29) is 0 Å². The largest absolute Gasteiger partial charge is 0.342 e. The smallest absolute Gasteiger partial charge is 0.158 e. The minimum absolute atomic E-state index is 0.366. The lowest BCUT2D eigenvalue weighted by atomic mass is 10.3. The van der Waals surface area contributed by atoms with Gasteiger partial charge in [0.1, 0.15) is 11.3 Å². The Morgan fingerprint density at radius 1 is 1.64 bits per heavy atom. The first-order valence-electron chi connectivity index (χ1n) is 3.30. The zero-order chi connectivity index (χ0) is 7.84. The van der Waals surface area contributed by atoms with Crippen LogP contribution >= 0.6 is 0 Å². The van der Waals surface area contributed by atoms with Crippen molar-refractivity contribution in [2.75, 3.05) is 0 Å². The lowest BCUT2D eigenvalue weighted by molar-refractivity contribution is 0.635. The van der Waals surface area contributed by atoms with Crippen LogP contribution in [0, 0.1) is 18.8 Å². The van der Waals surface area contributed by atoms with Crippen molar-refractivity contribution in [1.82, 2.24) is 9.97 Å². The van der Waals surface area contributed by atoms with Gasteiger partial charge in [-0.15, -0.1) is 0 Å². The van der Waals surface area contributed by atoms with E-state index in [1.54, 1.807) is 13.0 Å². The summed E-state index contributed by atoms with van der Waals surface area (Å²) >= 11 is 0. The number of hydrogen-bond acceptors (Lipinski definition) is 1. The summed E-state index contributed by atoms with van der Waals surface area (Å²) in [6.45, 7) is 1.79. The maximum absolute atomic E-state index is 12.9. The van der Waals surface area contributed by atoms with Gasteiger partial charge in [0, 0.05) is 6.07 Å². The summed E-state index contributed by atoms with van der Waals surface area (Å²) in [7, 11) is 0. The topological polar surface area (TPSA) is 28.7 Å². The molecule has 0 saturated heterocycles. The molecule has 55 valence electrons. The van der Waals surface area contributed by atoms with Crippen LogP contribution in [0.15, 0.2) is 12.1 Å². The number of imidazole rings is 1. The van der Waals surface area contributed by atoms with Crippen molar-refractivity contribution >= 4 is 11.0 Å². The van der Waals surface area contributed by atoms with Crippen LogP contribution < -0.4 is 0 Å². The molecule has 1 aromatic heterocycles. The van der Waals surface area contributed by atoms with E-state index in [1.165, 1.54) is 6.07 Å². The maximum Gasteiger partial charge on any atom is 0.158 e. The second kappa shape index (κ2) is 2.05. The van der Waals surface area contributed by atoms with Crippen LogP contribution in [0.4, 0.5) is 4.39 Å². The normalized spacial score (nSPS) is 10.7. The van der Waals surface area contributed by atoms with Gasteiger partial charge < -0.3 is 4.98 Å². The number of halogens is 1. The van der Waals surface area contributed by atoms with Gasteiger partial charge in [0.15, 0.2) is 5.82 Å². The van der Waals surface area contributed by atoms with E-state index in [9.17, 15) is 4.39 Å². The second-order valence-corrected chi connectivity index (χ2v) is 2.38. The third kappa shape index (κ3) is 0.888. The summed E-state index contributed by atoms with van der Waals surface area (Å²) in [5, 5.41) is 0. The molecule has 0 saturated carbocycles. The molecule has 1 radical (unpaired) electrons. The average molecular weight is 149 g/mol. The van der Waals surface area contributed by atoms with Gasteiger partial charge in [-0.1, -0.05) is 0 Å². The van der Waals surface area contributed by atoms with Gasteiger partial charge in [-0.2, -0.15) is 0 Å². The van der Waals surface area contributed by atoms with E-state index in [4.69, 9.17) is 0 Å². The third-order valence-corrected chi connectivity index (χ3v) is 1.52. The third-order valence-electron chi connectivity index (χ3n) is 1.52. The highest BCUT2D eigenvalue weighted by Crippen LogP contribution is 2.13. The van der Waals surface area contributed by atoms with Crippen LogP contribution in [0.3, 0.4) is 0 Å². The molecule has 11 heavy (non-hydrogen) atoms. The highest BCUT2D eigenvalue weighted by atomic mass is 19.1. The van der Waals surface area contributed by atoms with Gasteiger partial charge in [0.2, 0.25) is 0 Å². The van der Waals surface area contributed by atoms with Crippen LogP contribution in [0.5, 0.6) is 0 Å². The number of aromatic amines is 1. The molecular formula is C8H6FN2. The summed E-state index contributed by atoms with van der Waals surface area (Å²) in [6.07, 6.45) is 0. The minimum atomic E-state index is -0.396. The fourth-order valence-electron chi connectivity index (χ4n) is 1.06. The highest BCUT2D eigenvalue weighted by molar-refractivity contribution is 5.75. The van der Waals surface area contributed by atoms with Crippen LogP contribution in [0.2, 0.25) is 0 Å². The Bertz CT molecular complexity index is 392. The zero-order valence-corrected chi connectivity index (χ0v) is 5.98. The first-order chi connectivity index (χ1) is 5.27. The Labute approximate surface area is 63.1 Å². The van der Waals surface area contributed by atoms with Gasteiger partial charge >= 0.3 is 0 Å². The van der Waals surface area contributed by atoms with Gasteiger partial charge in [-0.25, -0.2) is 9.37 Å². The van der Waals surface area contributed by atoms with Gasteiger partial charge in [-0.3, -0.25) is 0 Å². The summed E-state index contributed by atoms with van der Waals surface area (Å²) in [5.41, 5.74) is 1.09. The van der Waals surface area contributed by atoms with E-state index >= 15 is 0 Å². The summed E-state index contributed by atoms with van der Waals surface area (Å²) < 4.78 is 12.9. The Morgan fingerprint density at radius 2 is 2.45 bits per heavy atom. The van der Waals surface area contributed by atoms with Gasteiger partial charge in [0.25, 0.3) is 0 Å². The zero-order valence-electron chi connectivity index (χ0n) is 5.98. The first-order valence-corrected chi connectivity index (χ1v) is 3.30. The fraction of sp³-hybridized carbons (Fsp3) is 0.125. The number of rotatable bonds is 0. The molecule has 2 rings (SSSR count). The Kier molecular flexibility index (Phi) is 1.18. The molecule has 1 aromatic carbocycles. The van der Waals surface area contributed by atoms with E-state index in [0.717, 1.165) is 11.3 Å². The molecule has 0 aliphatic heterocycles. The molecule has 0 atom stereocenters. The molecule has 0 aliphatic carbocycles. The lowest BCUT2D eigenvalue weighted by Crippen LogP contribution is -1.76. The molecule has 2 aromatic rings. The quantitative estimate of drug-likeness (QED) is 0.608. The lowest BCUT2D eigenvalue weighted by Gasteiger charge is -1.86. The number of aryl methyl sites for hydroxylation is 1. The molecule has 1 heterocycles.